The van der Waals surface area contributed by atoms with Gasteiger partial charge in [-0.3, -0.25) is 4.84 Å². The standard InChI is InChI=1S/C22H30N2O4S/c1-16(2)17-9-11-19(12-10-17)22-21(15-28-24(22)3)29(25,26)23-14-13-18-7-5-6-8-20(18)27-4/h5-12,16,21-23H,13-15H2,1-4H3. The van der Waals surface area contributed by atoms with Crippen molar-refractivity contribution in [3.05, 3.63) is 65.2 Å². The Balaban J connectivity index is 1.71. The van der Waals surface area contributed by atoms with Crippen molar-refractivity contribution in [1.82, 2.24) is 9.79 Å². The van der Waals surface area contributed by atoms with Crippen molar-refractivity contribution in [1.29, 1.82) is 0 Å². The molecule has 2 atom stereocenters. The summed E-state index contributed by atoms with van der Waals surface area (Å²) in [6, 6.07) is 15.4. The van der Waals surface area contributed by atoms with Crippen molar-refractivity contribution < 1.29 is 18.0 Å². The average Bonchev–Trinajstić information content (AvgIpc) is 3.10. The second-order valence-corrected chi connectivity index (χ2v) is 9.63. The third kappa shape index (κ3) is 4.98. The van der Waals surface area contributed by atoms with E-state index in [2.05, 4.69) is 30.7 Å². The molecule has 1 fully saturated rings. The molecule has 0 saturated carbocycles. The summed E-state index contributed by atoms with van der Waals surface area (Å²) in [5.74, 6) is 1.19. The van der Waals surface area contributed by atoms with Crippen molar-refractivity contribution in [2.45, 2.75) is 37.5 Å². The summed E-state index contributed by atoms with van der Waals surface area (Å²) in [6.07, 6.45) is 0.556. The smallest absolute Gasteiger partial charge is 0.218 e. The molecule has 158 valence electrons. The molecule has 3 rings (SSSR count). The number of hydroxylamine groups is 2. The van der Waals surface area contributed by atoms with E-state index in [0.29, 0.717) is 18.9 Å². The van der Waals surface area contributed by atoms with Crippen LogP contribution >= 0.6 is 0 Å². The Kier molecular flexibility index (Phi) is 6.95. The second-order valence-electron chi connectivity index (χ2n) is 7.65. The van der Waals surface area contributed by atoms with E-state index in [1.165, 1.54) is 5.56 Å². The largest absolute Gasteiger partial charge is 0.496 e. The van der Waals surface area contributed by atoms with Gasteiger partial charge in [-0.15, -0.1) is 0 Å². The quantitative estimate of drug-likeness (QED) is 0.713. The van der Waals surface area contributed by atoms with E-state index in [9.17, 15) is 8.42 Å². The minimum Gasteiger partial charge on any atom is -0.496 e. The van der Waals surface area contributed by atoms with Gasteiger partial charge in [0.15, 0.2) is 0 Å². The van der Waals surface area contributed by atoms with Crippen LogP contribution in [-0.4, -0.2) is 46.0 Å². The first-order chi connectivity index (χ1) is 13.8. The Morgan fingerprint density at radius 2 is 1.86 bits per heavy atom. The van der Waals surface area contributed by atoms with Gasteiger partial charge < -0.3 is 4.74 Å². The summed E-state index contributed by atoms with van der Waals surface area (Å²) in [6.45, 7) is 4.72. The molecule has 6 nitrogen and oxygen atoms in total. The normalized spacial score (nSPS) is 20.3. The summed E-state index contributed by atoms with van der Waals surface area (Å²) in [4.78, 5) is 5.59. The maximum atomic E-state index is 13.0. The first-order valence-corrected chi connectivity index (χ1v) is 11.4. The van der Waals surface area contributed by atoms with E-state index in [4.69, 9.17) is 9.57 Å². The number of sulfonamides is 1. The first-order valence-electron chi connectivity index (χ1n) is 9.89. The van der Waals surface area contributed by atoms with Gasteiger partial charge in [-0.1, -0.05) is 56.3 Å². The van der Waals surface area contributed by atoms with Crippen LogP contribution in [-0.2, 0) is 21.3 Å². The zero-order chi connectivity index (χ0) is 21.0. The molecule has 0 spiro atoms. The second kappa shape index (κ2) is 9.26. The van der Waals surface area contributed by atoms with Crippen molar-refractivity contribution in [3.63, 3.8) is 0 Å². The molecule has 0 amide bonds. The van der Waals surface area contributed by atoms with E-state index < -0.39 is 15.3 Å². The first kappa shape index (κ1) is 21.8. The Morgan fingerprint density at radius 1 is 1.17 bits per heavy atom. The van der Waals surface area contributed by atoms with Crippen LogP contribution in [0.2, 0.25) is 0 Å². The lowest BCUT2D eigenvalue weighted by molar-refractivity contribution is -0.110. The summed E-state index contributed by atoms with van der Waals surface area (Å²) in [5.41, 5.74) is 3.14. The molecule has 1 aliphatic rings. The molecule has 7 heteroatoms. The number of rotatable bonds is 8. The zero-order valence-corrected chi connectivity index (χ0v) is 18.3. The monoisotopic (exact) mass is 418 g/mol. The molecule has 2 unspecified atom stereocenters. The third-order valence-corrected chi connectivity index (χ3v) is 7.22. The summed E-state index contributed by atoms with van der Waals surface area (Å²) in [7, 11) is -0.166. The molecule has 0 bridgehead atoms. The van der Waals surface area contributed by atoms with Crippen LogP contribution in [0.25, 0.3) is 0 Å². The molecular weight excluding hydrogens is 388 g/mol. The molecule has 1 heterocycles. The predicted octanol–water partition coefficient (Wildman–Crippen LogP) is 3.27. The average molecular weight is 419 g/mol. The summed E-state index contributed by atoms with van der Waals surface area (Å²) < 4.78 is 34.2. The maximum Gasteiger partial charge on any atom is 0.218 e. The summed E-state index contributed by atoms with van der Waals surface area (Å²) >= 11 is 0. The molecule has 1 saturated heterocycles. The topological polar surface area (TPSA) is 67.9 Å². The Hall–Kier alpha value is -1.93. The number of benzene rings is 2. The van der Waals surface area contributed by atoms with Crippen LogP contribution in [0, 0.1) is 0 Å². The van der Waals surface area contributed by atoms with Gasteiger partial charge in [0, 0.05) is 13.6 Å². The van der Waals surface area contributed by atoms with Gasteiger partial charge in [0.2, 0.25) is 10.0 Å². The molecular formula is C22H30N2O4S. The van der Waals surface area contributed by atoms with Gasteiger partial charge in [-0.2, -0.15) is 5.06 Å². The van der Waals surface area contributed by atoms with E-state index in [-0.39, 0.29) is 12.6 Å². The number of hydrogen-bond donors (Lipinski definition) is 1. The lowest BCUT2D eigenvalue weighted by Gasteiger charge is -2.23. The third-order valence-electron chi connectivity index (χ3n) is 5.42. The van der Waals surface area contributed by atoms with Gasteiger partial charge in [0.25, 0.3) is 0 Å². The molecule has 2 aromatic carbocycles. The predicted molar refractivity (Wildman–Crippen MR) is 114 cm³/mol. The molecule has 0 radical (unpaired) electrons. The molecule has 0 aromatic heterocycles. The lowest BCUT2D eigenvalue weighted by atomic mass is 9.98. The van der Waals surface area contributed by atoms with E-state index in [0.717, 1.165) is 16.9 Å². The van der Waals surface area contributed by atoms with Gasteiger partial charge in [0.1, 0.15) is 11.0 Å². The SMILES string of the molecule is COc1ccccc1CCNS(=O)(=O)C1CON(C)C1c1ccc(C(C)C)cc1. The number of methoxy groups -OCH3 is 1. The van der Waals surface area contributed by atoms with E-state index in [1.807, 2.05) is 36.4 Å². The molecule has 0 aliphatic carbocycles. The lowest BCUT2D eigenvalue weighted by Crippen LogP contribution is -2.40. The highest BCUT2D eigenvalue weighted by molar-refractivity contribution is 7.90. The number of hydrogen-bond acceptors (Lipinski definition) is 5. The minimum absolute atomic E-state index is 0.136. The molecule has 1 aliphatic heterocycles. The highest BCUT2D eigenvalue weighted by atomic mass is 32.2. The number of nitrogens with zero attached hydrogens (tertiary/aromatic N) is 1. The molecule has 29 heavy (non-hydrogen) atoms. The fourth-order valence-electron chi connectivity index (χ4n) is 3.70. The van der Waals surface area contributed by atoms with Crippen LogP contribution in [0.1, 0.15) is 42.5 Å². The number of para-hydroxylation sites is 1. The summed E-state index contributed by atoms with van der Waals surface area (Å²) in [5, 5.41) is 0.976. The van der Waals surface area contributed by atoms with Gasteiger partial charge >= 0.3 is 0 Å². The minimum atomic E-state index is -3.56. The molecule has 1 N–H and O–H groups in total. The maximum absolute atomic E-state index is 13.0. The molecule has 2 aromatic rings. The Labute approximate surface area is 173 Å². The highest BCUT2D eigenvalue weighted by Crippen LogP contribution is 2.34. The fourth-order valence-corrected chi connectivity index (χ4v) is 5.21. The Bertz CT molecular complexity index is 913. The highest BCUT2D eigenvalue weighted by Gasteiger charge is 2.43. The van der Waals surface area contributed by atoms with Gasteiger partial charge in [0.05, 0.1) is 19.8 Å². The van der Waals surface area contributed by atoms with Gasteiger partial charge in [-0.05, 0) is 35.1 Å². The van der Waals surface area contributed by atoms with Crippen molar-refractivity contribution in [3.8, 4) is 5.75 Å². The van der Waals surface area contributed by atoms with Crippen molar-refractivity contribution >= 4 is 10.0 Å². The van der Waals surface area contributed by atoms with Crippen LogP contribution in [0.15, 0.2) is 48.5 Å². The van der Waals surface area contributed by atoms with E-state index >= 15 is 0 Å². The van der Waals surface area contributed by atoms with Gasteiger partial charge in [-0.25, -0.2) is 13.1 Å². The number of ether oxygens (including phenoxy) is 1. The fraction of sp³-hybridized carbons (Fsp3) is 0.455. The van der Waals surface area contributed by atoms with Crippen LogP contribution in [0.3, 0.4) is 0 Å². The van der Waals surface area contributed by atoms with E-state index in [1.54, 1.807) is 19.2 Å². The Morgan fingerprint density at radius 3 is 2.52 bits per heavy atom. The van der Waals surface area contributed by atoms with Crippen LogP contribution < -0.4 is 9.46 Å². The van der Waals surface area contributed by atoms with Crippen molar-refractivity contribution in [2.24, 2.45) is 0 Å². The zero-order valence-electron chi connectivity index (χ0n) is 17.5. The van der Waals surface area contributed by atoms with Crippen LogP contribution in [0.5, 0.6) is 5.75 Å². The van der Waals surface area contributed by atoms with Crippen molar-refractivity contribution in [2.75, 3.05) is 27.3 Å². The number of nitrogens with one attached hydrogen (secondary N) is 1. The van der Waals surface area contributed by atoms with Crippen LogP contribution in [0.4, 0.5) is 0 Å².